The number of nitrogens with one attached hydrogen (secondary N) is 2. The summed E-state index contributed by atoms with van der Waals surface area (Å²) in [7, 11) is 0. The van der Waals surface area contributed by atoms with Gasteiger partial charge in [-0.1, -0.05) is 24.3 Å². The number of hydrogen-bond donors (Lipinski definition) is 2. The van der Waals surface area contributed by atoms with Crippen LogP contribution in [-0.4, -0.2) is 48.9 Å². The molecule has 1 aliphatic rings. The normalized spacial score (nSPS) is 15.9. The number of carbonyl (C=O) groups is 2. The summed E-state index contributed by atoms with van der Waals surface area (Å²) < 4.78 is 0. The molecule has 1 fully saturated rings. The highest BCUT2D eigenvalue weighted by atomic mass is 16.2. The zero-order valence-corrected chi connectivity index (χ0v) is 15.8. The number of rotatable bonds is 5. The van der Waals surface area contributed by atoms with E-state index in [0.29, 0.717) is 11.4 Å². The molecule has 1 unspecified atom stereocenters. The minimum atomic E-state index is -0.215. The molecule has 1 aliphatic heterocycles. The van der Waals surface area contributed by atoms with Gasteiger partial charge in [0.1, 0.15) is 0 Å². The van der Waals surface area contributed by atoms with Gasteiger partial charge in [0.15, 0.2) is 0 Å². The van der Waals surface area contributed by atoms with Crippen LogP contribution in [-0.2, 0) is 9.59 Å². The highest BCUT2D eigenvalue weighted by Crippen LogP contribution is 2.18. The standard InChI is InChI=1S/C21H26N4O2/c1-16(21(27)23-19-8-6-7-18(15-19)22-17(2)26)24-11-13-25(14-12-24)20-9-4-3-5-10-20/h3-10,15-16H,11-14H2,1-2H3,(H,22,26)(H,23,27). The van der Waals surface area contributed by atoms with Gasteiger partial charge in [0.25, 0.3) is 0 Å². The Morgan fingerprint density at radius 3 is 2.15 bits per heavy atom. The summed E-state index contributed by atoms with van der Waals surface area (Å²) in [5.41, 5.74) is 2.58. The van der Waals surface area contributed by atoms with Crippen LogP contribution in [0.3, 0.4) is 0 Å². The Hall–Kier alpha value is -2.86. The summed E-state index contributed by atoms with van der Waals surface area (Å²) in [5.74, 6) is -0.175. The molecule has 0 aromatic heterocycles. The lowest BCUT2D eigenvalue weighted by atomic mass is 10.2. The van der Waals surface area contributed by atoms with Gasteiger partial charge in [-0.05, 0) is 37.3 Å². The fraction of sp³-hybridized carbons (Fsp3) is 0.333. The van der Waals surface area contributed by atoms with Crippen LogP contribution in [0, 0.1) is 0 Å². The quantitative estimate of drug-likeness (QED) is 0.854. The molecule has 3 rings (SSSR count). The van der Waals surface area contributed by atoms with E-state index in [0.717, 1.165) is 26.2 Å². The first-order chi connectivity index (χ1) is 13.0. The monoisotopic (exact) mass is 366 g/mol. The number of benzene rings is 2. The summed E-state index contributed by atoms with van der Waals surface area (Å²) in [4.78, 5) is 28.4. The molecule has 0 radical (unpaired) electrons. The zero-order valence-electron chi connectivity index (χ0n) is 15.8. The van der Waals surface area contributed by atoms with E-state index >= 15 is 0 Å². The maximum Gasteiger partial charge on any atom is 0.241 e. The Labute approximate surface area is 160 Å². The van der Waals surface area contributed by atoms with E-state index in [4.69, 9.17) is 0 Å². The molecule has 2 aromatic carbocycles. The third kappa shape index (κ3) is 5.08. The Morgan fingerprint density at radius 2 is 1.52 bits per heavy atom. The van der Waals surface area contributed by atoms with Crippen molar-refractivity contribution in [2.75, 3.05) is 41.7 Å². The minimum absolute atomic E-state index is 0.0388. The van der Waals surface area contributed by atoms with Gasteiger partial charge >= 0.3 is 0 Å². The molecule has 0 aliphatic carbocycles. The van der Waals surface area contributed by atoms with Crippen molar-refractivity contribution < 1.29 is 9.59 Å². The summed E-state index contributed by atoms with van der Waals surface area (Å²) in [6.45, 7) is 6.89. The third-order valence-corrected chi connectivity index (χ3v) is 4.81. The molecule has 2 N–H and O–H groups in total. The van der Waals surface area contributed by atoms with Crippen LogP contribution < -0.4 is 15.5 Å². The van der Waals surface area contributed by atoms with Crippen molar-refractivity contribution >= 4 is 28.9 Å². The number of anilines is 3. The molecule has 2 amide bonds. The molecular weight excluding hydrogens is 340 g/mol. The lowest BCUT2D eigenvalue weighted by molar-refractivity contribution is -0.120. The summed E-state index contributed by atoms with van der Waals surface area (Å²) >= 11 is 0. The van der Waals surface area contributed by atoms with Gasteiger partial charge in [0.05, 0.1) is 6.04 Å². The first kappa shape index (κ1) is 18.9. The summed E-state index contributed by atoms with van der Waals surface area (Å²) in [6.07, 6.45) is 0. The fourth-order valence-corrected chi connectivity index (χ4v) is 3.30. The van der Waals surface area contributed by atoms with Crippen molar-refractivity contribution in [3.8, 4) is 0 Å². The van der Waals surface area contributed by atoms with Crippen molar-refractivity contribution in [2.24, 2.45) is 0 Å². The lowest BCUT2D eigenvalue weighted by Crippen LogP contribution is -2.52. The molecule has 142 valence electrons. The number of carbonyl (C=O) groups excluding carboxylic acids is 2. The van der Waals surface area contributed by atoms with Gasteiger partial charge < -0.3 is 15.5 Å². The number of amides is 2. The Bertz CT molecular complexity index is 786. The minimum Gasteiger partial charge on any atom is -0.369 e. The molecule has 1 heterocycles. The van der Waals surface area contributed by atoms with Gasteiger partial charge in [-0.25, -0.2) is 0 Å². The van der Waals surface area contributed by atoms with Crippen LogP contribution in [0.15, 0.2) is 54.6 Å². The van der Waals surface area contributed by atoms with Crippen LogP contribution in [0.2, 0.25) is 0 Å². The molecule has 1 saturated heterocycles. The van der Waals surface area contributed by atoms with Crippen molar-refractivity contribution in [3.63, 3.8) is 0 Å². The van der Waals surface area contributed by atoms with Crippen molar-refractivity contribution in [1.29, 1.82) is 0 Å². The maximum atomic E-state index is 12.6. The van der Waals surface area contributed by atoms with E-state index in [-0.39, 0.29) is 17.9 Å². The predicted molar refractivity (Wildman–Crippen MR) is 109 cm³/mol. The highest BCUT2D eigenvalue weighted by Gasteiger charge is 2.25. The van der Waals surface area contributed by atoms with Gasteiger partial charge in [-0.2, -0.15) is 0 Å². The Morgan fingerprint density at radius 1 is 0.889 bits per heavy atom. The topological polar surface area (TPSA) is 64.7 Å². The Kier molecular flexibility index (Phi) is 6.08. The van der Waals surface area contributed by atoms with E-state index < -0.39 is 0 Å². The van der Waals surface area contributed by atoms with E-state index in [1.54, 1.807) is 12.1 Å². The second-order valence-electron chi connectivity index (χ2n) is 6.79. The second kappa shape index (κ2) is 8.68. The summed E-state index contributed by atoms with van der Waals surface area (Å²) in [5, 5.41) is 5.68. The lowest BCUT2D eigenvalue weighted by Gasteiger charge is -2.38. The van der Waals surface area contributed by atoms with E-state index in [2.05, 4.69) is 32.6 Å². The molecular formula is C21H26N4O2. The molecule has 27 heavy (non-hydrogen) atoms. The average Bonchev–Trinajstić information content (AvgIpc) is 2.68. The van der Waals surface area contributed by atoms with Crippen molar-refractivity contribution in [3.05, 3.63) is 54.6 Å². The third-order valence-electron chi connectivity index (χ3n) is 4.81. The smallest absolute Gasteiger partial charge is 0.241 e. The zero-order chi connectivity index (χ0) is 19.2. The largest absolute Gasteiger partial charge is 0.369 e. The molecule has 2 aromatic rings. The number of piperazine rings is 1. The van der Waals surface area contributed by atoms with Crippen LogP contribution in [0.1, 0.15) is 13.8 Å². The van der Waals surface area contributed by atoms with E-state index in [9.17, 15) is 9.59 Å². The van der Waals surface area contributed by atoms with Gasteiger partial charge in [0, 0.05) is 50.2 Å². The van der Waals surface area contributed by atoms with Gasteiger partial charge in [-0.3, -0.25) is 14.5 Å². The number of nitrogens with zero attached hydrogens (tertiary/aromatic N) is 2. The number of para-hydroxylation sites is 1. The van der Waals surface area contributed by atoms with Crippen LogP contribution >= 0.6 is 0 Å². The first-order valence-corrected chi connectivity index (χ1v) is 9.25. The van der Waals surface area contributed by atoms with Crippen molar-refractivity contribution in [2.45, 2.75) is 19.9 Å². The molecule has 1 atom stereocenters. The number of hydrogen-bond acceptors (Lipinski definition) is 4. The second-order valence-corrected chi connectivity index (χ2v) is 6.79. The maximum absolute atomic E-state index is 12.6. The highest BCUT2D eigenvalue weighted by molar-refractivity contribution is 5.96. The molecule has 6 nitrogen and oxygen atoms in total. The summed E-state index contributed by atoms with van der Waals surface area (Å²) in [6, 6.07) is 17.3. The molecule has 0 spiro atoms. The van der Waals surface area contributed by atoms with Crippen LogP contribution in [0.4, 0.5) is 17.1 Å². The Balaban J connectivity index is 1.54. The average molecular weight is 366 g/mol. The van der Waals surface area contributed by atoms with Crippen LogP contribution in [0.5, 0.6) is 0 Å². The van der Waals surface area contributed by atoms with E-state index in [1.807, 2.05) is 37.3 Å². The molecule has 0 bridgehead atoms. The SMILES string of the molecule is CC(=O)Nc1cccc(NC(=O)C(C)N2CCN(c3ccccc3)CC2)c1. The van der Waals surface area contributed by atoms with Gasteiger partial charge in [0.2, 0.25) is 11.8 Å². The van der Waals surface area contributed by atoms with Crippen molar-refractivity contribution in [1.82, 2.24) is 4.90 Å². The fourth-order valence-electron chi connectivity index (χ4n) is 3.30. The van der Waals surface area contributed by atoms with Crippen LogP contribution in [0.25, 0.3) is 0 Å². The molecule has 0 saturated carbocycles. The predicted octanol–water partition coefficient (Wildman–Crippen LogP) is 2.79. The van der Waals surface area contributed by atoms with Gasteiger partial charge in [-0.15, -0.1) is 0 Å². The first-order valence-electron chi connectivity index (χ1n) is 9.25. The van der Waals surface area contributed by atoms with E-state index in [1.165, 1.54) is 12.6 Å². The molecule has 6 heteroatoms.